The molecular weight excluding hydrogens is 208 g/mol. The SMILES string of the molecule is Cc1ccc(Cl)c([C@@H](N)CCF)c1F. The number of rotatable bonds is 3. The Kier molecular flexibility index (Phi) is 3.84. The maximum Gasteiger partial charge on any atom is 0.132 e. The van der Waals surface area contributed by atoms with Crippen molar-refractivity contribution in [1.82, 2.24) is 0 Å². The highest BCUT2D eigenvalue weighted by Gasteiger charge is 2.16. The van der Waals surface area contributed by atoms with Crippen LogP contribution in [0.4, 0.5) is 8.78 Å². The molecule has 4 heteroatoms. The maximum absolute atomic E-state index is 13.5. The Morgan fingerprint density at radius 2 is 2.14 bits per heavy atom. The number of benzene rings is 1. The van der Waals surface area contributed by atoms with E-state index in [4.69, 9.17) is 17.3 Å². The van der Waals surface area contributed by atoms with E-state index < -0.39 is 18.5 Å². The average Bonchev–Trinajstić information content (AvgIpc) is 2.13. The van der Waals surface area contributed by atoms with E-state index in [9.17, 15) is 8.78 Å². The average molecular weight is 220 g/mol. The van der Waals surface area contributed by atoms with Crippen LogP contribution >= 0.6 is 11.6 Å². The van der Waals surface area contributed by atoms with Gasteiger partial charge in [0.15, 0.2) is 0 Å². The topological polar surface area (TPSA) is 26.0 Å². The summed E-state index contributed by atoms with van der Waals surface area (Å²) in [5.41, 5.74) is 6.29. The molecule has 1 aromatic rings. The van der Waals surface area contributed by atoms with E-state index in [2.05, 4.69) is 0 Å². The van der Waals surface area contributed by atoms with E-state index in [0.29, 0.717) is 5.56 Å². The smallest absolute Gasteiger partial charge is 0.132 e. The number of nitrogens with two attached hydrogens (primary N) is 1. The Bertz CT molecular complexity index is 328. The zero-order chi connectivity index (χ0) is 10.7. The second-order valence-electron chi connectivity index (χ2n) is 3.18. The van der Waals surface area contributed by atoms with Gasteiger partial charge in [0.25, 0.3) is 0 Å². The molecule has 1 atom stereocenters. The fourth-order valence-electron chi connectivity index (χ4n) is 1.28. The van der Waals surface area contributed by atoms with Crippen molar-refractivity contribution in [3.8, 4) is 0 Å². The molecule has 0 unspecified atom stereocenters. The van der Waals surface area contributed by atoms with Crippen molar-refractivity contribution in [1.29, 1.82) is 0 Å². The zero-order valence-corrected chi connectivity index (χ0v) is 8.61. The van der Waals surface area contributed by atoms with Crippen LogP contribution in [-0.2, 0) is 0 Å². The van der Waals surface area contributed by atoms with Crippen LogP contribution in [0.2, 0.25) is 5.02 Å². The number of halogens is 3. The summed E-state index contributed by atoms with van der Waals surface area (Å²) >= 11 is 5.79. The van der Waals surface area contributed by atoms with Crippen molar-refractivity contribution in [2.24, 2.45) is 5.73 Å². The standard InChI is InChI=1S/C10H12ClF2N/c1-6-2-3-7(11)9(10(6)13)8(14)4-5-12/h2-3,8H,4-5,14H2,1H3/t8-/m0/s1. The lowest BCUT2D eigenvalue weighted by atomic mass is 10.0. The Hall–Kier alpha value is -0.670. The second-order valence-corrected chi connectivity index (χ2v) is 3.58. The van der Waals surface area contributed by atoms with Gasteiger partial charge in [-0.15, -0.1) is 0 Å². The van der Waals surface area contributed by atoms with Crippen LogP contribution in [0.3, 0.4) is 0 Å². The van der Waals surface area contributed by atoms with Gasteiger partial charge in [-0.05, 0) is 25.0 Å². The first-order chi connectivity index (χ1) is 6.57. The van der Waals surface area contributed by atoms with Gasteiger partial charge in [0.05, 0.1) is 6.67 Å². The number of alkyl halides is 1. The van der Waals surface area contributed by atoms with Crippen molar-refractivity contribution in [3.05, 3.63) is 34.1 Å². The molecule has 78 valence electrons. The highest BCUT2D eigenvalue weighted by molar-refractivity contribution is 6.31. The molecule has 0 aliphatic rings. The Labute approximate surface area is 86.9 Å². The van der Waals surface area contributed by atoms with Crippen LogP contribution in [0, 0.1) is 12.7 Å². The summed E-state index contributed by atoms with van der Waals surface area (Å²) in [4.78, 5) is 0. The fraction of sp³-hybridized carbons (Fsp3) is 0.400. The number of hydrogen-bond donors (Lipinski definition) is 1. The lowest BCUT2D eigenvalue weighted by Gasteiger charge is -2.14. The molecule has 2 N–H and O–H groups in total. The van der Waals surface area contributed by atoms with Crippen LogP contribution in [0.25, 0.3) is 0 Å². The normalized spacial score (nSPS) is 12.9. The molecule has 0 aliphatic carbocycles. The maximum atomic E-state index is 13.5. The van der Waals surface area contributed by atoms with Gasteiger partial charge >= 0.3 is 0 Å². The highest BCUT2D eigenvalue weighted by atomic mass is 35.5. The number of hydrogen-bond acceptors (Lipinski definition) is 1. The fourth-order valence-corrected chi connectivity index (χ4v) is 1.57. The first-order valence-corrected chi connectivity index (χ1v) is 4.71. The Morgan fingerprint density at radius 1 is 1.50 bits per heavy atom. The molecule has 0 saturated heterocycles. The van der Waals surface area contributed by atoms with Crippen molar-refractivity contribution >= 4 is 11.6 Å². The van der Waals surface area contributed by atoms with Crippen molar-refractivity contribution in [3.63, 3.8) is 0 Å². The zero-order valence-electron chi connectivity index (χ0n) is 7.86. The minimum Gasteiger partial charge on any atom is -0.324 e. The Morgan fingerprint density at radius 3 is 2.71 bits per heavy atom. The van der Waals surface area contributed by atoms with Crippen molar-refractivity contribution in [2.75, 3.05) is 6.67 Å². The van der Waals surface area contributed by atoms with Gasteiger partial charge in [-0.1, -0.05) is 17.7 Å². The molecule has 0 fully saturated rings. The summed E-state index contributed by atoms with van der Waals surface area (Å²) in [6.45, 7) is 1.04. The molecule has 0 saturated carbocycles. The molecule has 1 aromatic carbocycles. The first kappa shape index (κ1) is 11.4. The second kappa shape index (κ2) is 4.71. The van der Waals surface area contributed by atoms with Crippen LogP contribution < -0.4 is 5.73 Å². The van der Waals surface area contributed by atoms with Crippen LogP contribution in [-0.4, -0.2) is 6.67 Å². The molecule has 0 radical (unpaired) electrons. The molecule has 0 amide bonds. The molecule has 0 heterocycles. The molecular formula is C10H12ClF2N. The van der Waals surface area contributed by atoms with Crippen LogP contribution in [0.5, 0.6) is 0 Å². The molecule has 1 nitrogen and oxygen atoms in total. The third-order valence-electron chi connectivity index (χ3n) is 2.11. The van der Waals surface area contributed by atoms with Crippen LogP contribution in [0.15, 0.2) is 12.1 Å². The van der Waals surface area contributed by atoms with E-state index in [0.717, 1.165) is 0 Å². The van der Waals surface area contributed by atoms with Gasteiger partial charge in [-0.2, -0.15) is 0 Å². The van der Waals surface area contributed by atoms with Crippen molar-refractivity contribution < 1.29 is 8.78 Å². The van der Waals surface area contributed by atoms with E-state index in [1.54, 1.807) is 19.1 Å². The van der Waals surface area contributed by atoms with E-state index in [1.165, 1.54) is 0 Å². The van der Waals surface area contributed by atoms with Gasteiger partial charge in [0.2, 0.25) is 0 Å². The minimum atomic E-state index is -0.674. The monoisotopic (exact) mass is 219 g/mol. The van der Waals surface area contributed by atoms with E-state index in [1.807, 2.05) is 0 Å². The largest absolute Gasteiger partial charge is 0.324 e. The van der Waals surface area contributed by atoms with Crippen molar-refractivity contribution in [2.45, 2.75) is 19.4 Å². The summed E-state index contributed by atoms with van der Waals surface area (Å²) in [7, 11) is 0. The molecule has 0 aliphatic heterocycles. The molecule has 0 aromatic heterocycles. The van der Waals surface area contributed by atoms with E-state index >= 15 is 0 Å². The van der Waals surface area contributed by atoms with E-state index in [-0.39, 0.29) is 17.0 Å². The lowest BCUT2D eigenvalue weighted by molar-refractivity contribution is 0.434. The summed E-state index contributed by atoms with van der Waals surface area (Å²) in [5.74, 6) is -0.432. The molecule has 0 spiro atoms. The van der Waals surface area contributed by atoms with Gasteiger partial charge in [0, 0.05) is 16.6 Å². The minimum absolute atomic E-state index is 0.0834. The number of aryl methyl sites for hydroxylation is 1. The quantitative estimate of drug-likeness (QED) is 0.831. The highest BCUT2D eigenvalue weighted by Crippen LogP contribution is 2.28. The summed E-state index contributed by atoms with van der Waals surface area (Å²) in [5, 5.41) is 0.258. The van der Waals surface area contributed by atoms with Crippen LogP contribution in [0.1, 0.15) is 23.6 Å². The predicted octanol–water partition coefficient (Wildman–Crippen LogP) is 3.15. The Balaban J connectivity index is 3.11. The molecule has 14 heavy (non-hydrogen) atoms. The summed E-state index contributed by atoms with van der Waals surface area (Å²) in [6.07, 6.45) is 0.0834. The van der Waals surface area contributed by atoms with Gasteiger partial charge < -0.3 is 5.73 Å². The van der Waals surface area contributed by atoms with Gasteiger partial charge in [-0.3, -0.25) is 4.39 Å². The van der Waals surface area contributed by atoms with Gasteiger partial charge in [-0.25, -0.2) is 4.39 Å². The molecule has 1 rings (SSSR count). The third kappa shape index (κ3) is 2.22. The molecule has 0 bridgehead atoms. The van der Waals surface area contributed by atoms with Gasteiger partial charge in [0.1, 0.15) is 5.82 Å². The first-order valence-electron chi connectivity index (χ1n) is 4.34. The third-order valence-corrected chi connectivity index (χ3v) is 2.44. The lowest BCUT2D eigenvalue weighted by Crippen LogP contribution is -2.14. The summed E-state index contributed by atoms with van der Waals surface area (Å²) < 4.78 is 25.6. The predicted molar refractivity (Wildman–Crippen MR) is 53.7 cm³/mol. The summed E-state index contributed by atoms with van der Waals surface area (Å²) in [6, 6.07) is 2.48.